The molecule has 1 saturated carbocycles. The zero-order valence-corrected chi connectivity index (χ0v) is 12.9. The Morgan fingerprint density at radius 1 is 1.11 bits per heavy atom. The number of rotatable bonds is 3. The first-order valence-corrected chi connectivity index (χ1v) is 7.83. The van der Waals surface area contributed by atoms with Gasteiger partial charge in [0.05, 0.1) is 10.0 Å². The number of benzene rings is 1. The SMILES string of the molecule is CC1CCC(C(Cl)Cc2ccc(Cl)c(Cl)c2)CC1. The van der Waals surface area contributed by atoms with Crippen LogP contribution in [0.3, 0.4) is 0 Å². The van der Waals surface area contributed by atoms with Crippen molar-refractivity contribution in [1.29, 1.82) is 0 Å². The number of hydrogen-bond acceptors (Lipinski definition) is 0. The summed E-state index contributed by atoms with van der Waals surface area (Å²) < 4.78 is 0. The summed E-state index contributed by atoms with van der Waals surface area (Å²) in [5, 5.41) is 1.45. The molecule has 1 aromatic rings. The first-order valence-electron chi connectivity index (χ1n) is 6.64. The molecular formula is C15H19Cl3. The predicted octanol–water partition coefficient (Wildman–Crippen LogP) is 5.97. The van der Waals surface area contributed by atoms with Crippen LogP contribution >= 0.6 is 34.8 Å². The average molecular weight is 306 g/mol. The fourth-order valence-corrected chi connectivity index (χ4v) is 3.46. The molecule has 0 saturated heterocycles. The number of halogens is 3. The van der Waals surface area contributed by atoms with Gasteiger partial charge in [0.15, 0.2) is 0 Å². The van der Waals surface area contributed by atoms with Crippen LogP contribution in [0.1, 0.15) is 38.2 Å². The predicted molar refractivity (Wildman–Crippen MR) is 80.9 cm³/mol. The van der Waals surface area contributed by atoms with E-state index in [0.717, 1.165) is 12.3 Å². The van der Waals surface area contributed by atoms with Gasteiger partial charge in [-0.05, 0) is 48.8 Å². The van der Waals surface area contributed by atoms with Crippen molar-refractivity contribution in [1.82, 2.24) is 0 Å². The third-order valence-electron chi connectivity index (χ3n) is 3.99. The Labute approximate surface area is 125 Å². The van der Waals surface area contributed by atoms with E-state index in [-0.39, 0.29) is 5.38 Å². The lowest BCUT2D eigenvalue weighted by Crippen LogP contribution is -2.22. The fourth-order valence-electron chi connectivity index (χ4n) is 2.71. The molecule has 0 bridgehead atoms. The van der Waals surface area contributed by atoms with E-state index in [1.165, 1.54) is 31.2 Å². The van der Waals surface area contributed by atoms with Crippen LogP contribution in [0, 0.1) is 11.8 Å². The Morgan fingerprint density at radius 2 is 1.78 bits per heavy atom. The Balaban J connectivity index is 1.94. The number of hydrogen-bond donors (Lipinski definition) is 0. The fraction of sp³-hybridized carbons (Fsp3) is 0.600. The van der Waals surface area contributed by atoms with Crippen LogP contribution in [-0.2, 0) is 6.42 Å². The third-order valence-corrected chi connectivity index (χ3v) is 5.24. The minimum atomic E-state index is 0.217. The lowest BCUT2D eigenvalue weighted by molar-refractivity contribution is 0.281. The smallest absolute Gasteiger partial charge is 0.0595 e. The second-order valence-corrected chi connectivity index (χ2v) is 6.86. The lowest BCUT2D eigenvalue weighted by Gasteiger charge is -2.29. The van der Waals surface area contributed by atoms with E-state index in [2.05, 4.69) is 6.92 Å². The summed E-state index contributed by atoms with van der Waals surface area (Å²) in [7, 11) is 0. The highest BCUT2D eigenvalue weighted by molar-refractivity contribution is 6.42. The van der Waals surface area contributed by atoms with Crippen molar-refractivity contribution >= 4 is 34.8 Å². The van der Waals surface area contributed by atoms with Gasteiger partial charge in [0.1, 0.15) is 0 Å². The topological polar surface area (TPSA) is 0 Å². The first-order chi connectivity index (χ1) is 8.56. The van der Waals surface area contributed by atoms with Crippen molar-refractivity contribution in [2.45, 2.75) is 44.4 Å². The van der Waals surface area contributed by atoms with Crippen molar-refractivity contribution in [3.8, 4) is 0 Å². The van der Waals surface area contributed by atoms with Crippen molar-refractivity contribution < 1.29 is 0 Å². The maximum absolute atomic E-state index is 6.56. The number of alkyl halides is 1. The van der Waals surface area contributed by atoms with Crippen LogP contribution in [0.2, 0.25) is 10.0 Å². The van der Waals surface area contributed by atoms with Gasteiger partial charge in [-0.3, -0.25) is 0 Å². The summed E-state index contributed by atoms with van der Waals surface area (Å²) in [6.07, 6.45) is 6.04. The molecule has 1 unspecified atom stereocenters. The second kappa shape index (κ2) is 6.50. The molecule has 18 heavy (non-hydrogen) atoms. The molecule has 1 aliphatic rings. The molecular weight excluding hydrogens is 287 g/mol. The molecule has 2 rings (SSSR count). The molecule has 0 nitrogen and oxygen atoms in total. The van der Waals surface area contributed by atoms with Gasteiger partial charge in [-0.25, -0.2) is 0 Å². The minimum Gasteiger partial charge on any atom is -0.122 e. The largest absolute Gasteiger partial charge is 0.122 e. The standard InChI is InChI=1S/C15H19Cl3/c1-10-2-5-12(6-3-10)14(17)8-11-4-7-13(16)15(18)9-11/h4,7,9-10,12,14H,2-3,5-6,8H2,1H3. The quantitative estimate of drug-likeness (QED) is 0.603. The molecule has 0 aromatic heterocycles. The average Bonchev–Trinajstić information content (AvgIpc) is 2.34. The van der Waals surface area contributed by atoms with Crippen molar-refractivity contribution in [2.75, 3.05) is 0 Å². The third kappa shape index (κ3) is 3.79. The van der Waals surface area contributed by atoms with Crippen LogP contribution in [0.15, 0.2) is 18.2 Å². The van der Waals surface area contributed by atoms with E-state index in [0.29, 0.717) is 16.0 Å². The summed E-state index contributed by atoms with van der Waals surface area (Å²) in [4.78, 5) is 0. The summed E-state index contributed by atoms with van der Waals surface area (Å²) in [6, 6.07) is 5.81. The molecule has 1 aliphatic carbocycles. The van der Waals surface area contributed by atoms with E-state index in [1.807, 2.05) is 18.2 Å². The van der Waals surface area contributed by atoms with Crippen molar-refractivity contribution in [3.63, 3.8) is 0 Å². The molecule has 1 fully saturated rings. The molecule has 0 radical (unpaired) electrons. The van der Waals surface area contributed by atoms with E-state index >= 15 is 0 Å². The van der Waals surface area contributed by atoms with Gasteiger partial charge >= 0.3 is 0 Å². The molecule has 0 N–H and O–H groups in total. The van der Waals surface area contributed by atoms with Gasteiger partial charge in [0.25, 0.3) is 0 Å². The Morgan fingerprint density at radius 3 is 2.39 bits per heavy atom. The monoisotopic (exact) mass is 304 g/mol. The van der Waals surface area contributed by atoms with Gasteiger partial charge in [-0.1, -0.05) is 49.0 Å². The van der Waals surface area contributed by atoms with Gasteiger partial charge in [-0.15, -0.1) is 11.6 Å². The van der Waals surface area contributed by atoms with E-state index in [4.69, 9.17) is 34.8 Å². The molecule has 0 aliphatic heterocycles. The Kier molecular flexibility index (Phi) is 5.24. The Bertz CT molecular complexity index is 395. The molecule has 0 spiro atoms. The van der Waals surface area contributed by atoms with Crippen LogP contribution in [0.25, 0.3) is 0 Å². The van der Waals surface area contributed by atoms with Crippen LogP contribution < -0.4 is 0 Å². The van der Waals surface area contributed by atoms with E-state index in [9.17, 15) is 0 Å². The normalized spacial score (nSPS) is 26.0. The van der Waals surface area contributed by atoms with Crippen LogP contribution in [0.4, 0.5) is 0 Å². The first kappa shape index (κ1) is 14.5. The Hall–Kier alpha value is 0.0900. The van der Waals surface area contributed by atoms with Gasteiger partial charge in [0.2, 0.25) is 0 Å². The highest BCUT2D eigenvalue weighted by Crippen LogP contribution is 2.34. The zero-order valence-electron chi connectivity index (χ0n) is 10.6. The summed E-state index contributed by atoms with van der Waals surface area (Å²) in [5.41, 5.74) is 1.18. The summed E-state index contributed by atoms with van der Waals surface area (Å²) in [5.74, 6) is 1.52. The molecule has 1 aromatic carbocycles. The highest BCUT2D eigenvalue weighted by atomic mass is 35.5. The minimum absolute atomic E-state index is 0.217. The molecule has 100 valence electrons. The zero-order chi connectivity index (χ0) is 13.1. The highest BCUT2D eigenvalue weighted by Gasteiger charge is 2.24. The second-order valence-electron chi connectivity index (χ2n) is 5.49. The maximum atomic E-state index is 6.56. The molecule has 3 heteroatoms. The van der Waals surface area contributed by atoms with Gasteiger partial charge in [-0.2, -0.15) is 0 Å². The lowest BCUT2D eigenvalue weighted by atomic mass is 9.80. The van der Waals surface area contributed by atoms with Crippen molar-refractivity contribution in [2.24, 2.45) is 11.8 Å². The van der Waals surface area contributed by atoms with E-state index in [1.54, 1.807) is 0 Å². The van der Waals surface area contributed by atoms with E-state index < -0.39 is 0 Å². The van der Waals surface area contributed by atoms with Gasteiger partial charge < -0.3 is 0 Å². The van der Waals surface area contributed by atoms with Gasteiger partial charge in [0, 0.05) is 5.38 Å². The molecule has 1 atom stereocenters. The van der Waals surface area contributed by atoms with Crippen LogP contribution in [-0.4, -0.2) is 5.38 Å². The summed E-state index contributed by atoms with van der Waals surface area (Å²) >= 11 is 18.5. The van der Waals surface area contributed by atoms with Crippen molar-refractivity contribution in [3.05, 3.63) is 33.8 Å². The molecule has 0 amide bonds. The maximum Gasteiger partial charge on any atom is 0.0595 e. The molecule has 0 heterocycles. The van der Waals surface area contributed by atoms with Crippen LogP contribution in [0.5, 0.6) is 0 Å². The summed E-state index contributed by atoms with van der Waals surface area (Å²) in [6.45, 7) is 2.33.